The van der Waals surface area contributed by atoms with Crippen LogP contribution in [0.4, 0.5) is 0 Å². The Hall–Kier alpha value is -1.49. The lowest BCUT2D eigenvalue weighted by Crippen LogP contribution is -2.44. The molecule has 0 saturated carbocycles. The zero-order valence-corrected chi connectivity index (χ0v) is 12.5. The average molecular weight is 292 g/mol. The minimum Gasteiger partial charge on any atom is -0.369 e. The van der Waals surface area contributed by atoms with Gasteiger partial charge in [-0.15, -0.1) is 0 Å². The Kier molecular flexibility index (Phi) is 5.06. The molecule has 2 N–H and O–H groups in total. The van der Waals surface area contributed by atoms with Crippen LogP contribution in [0, 0.1) is 5.92 Å². The quantitative estimate of drug-likeness (QED) is 0.921. The lowest BCUT2D eigenvalue weighted by molar-refractivity contribution is -0.123. The van der Waals surface area contributed by atoms with Crippen LogP contribution in [0.2, 0.25) is 0 Å². The highest BCUT2D eigenvalue weighted by molar-refractivity contribution is 7.97. The van der Waals surface area contributed by atoms with Crippen LogP contribution in [0.5, 0.6) is 0 Å². The largest absolute Gasteiger partial charge is 0.369 e. The van der Waals surface area contributed by atoms with E-state index in [1.54, 1.807) is 16.7 Å². The SMILES string of the molecule is CSCc1ccc(C(=O)N2CCCC(C(N)=O)C2)cc1. The molecule has 4 nitrogen and oxygen atoms in total. The lowest BCUT2D eigenvalue weighted by atomic mass is 9.97. The van der Waals surface area contributed by atoms with E-state index < -0.39 is 0 Å². The number of primary amides is 1. The van der Waals surface area contributed by atoms with Gasteiger partial charge in [-0.05, 0) is 36.8 Å². The summed E-state index contributed by atoms with van der Waals surface area (Å²) in [7, 11) is 0. The number of nitrogens with zero attached hydrogens (tertiary/aromatic N) is 1. The first-order chi connectivity index (χ1) is 9.61. The van der Waals surface area contributed by atoms with Crippen molar-refractivity contribution >= 4 is 23.6 Å². The molecule has 1 saturated heterocycles. The molecule has 1 fully saturated rings. The first-order valence-corrected chi connectivity index (χ1v) is 8.17. The van der Waals surface area contributed by atoms with E-state index in [1.165, 1.54) is 5.56 Å². The summed E-state index contributed by atoms with van der Waals surface area (Å²) in [5, 5.41) is 0. The Morgan fingerprint density at radius 3 is 2.65 bits per heavy atom. The van der Waals surface area contributed by atoms with Gasteiger partial charge in [0.15, 0.2) is 0 Å². The van der Waals surface area contributed by atoms with E-state index >= 15 is 0 Å². The number of carbonyl (C=O) groups is 2. The Morgan fingerprint density at radius 2 is 2.05 bits per heavy atom. The summed E-state index contributed by atoms with van der Waals surface area (Å²) in [6.45, 7) is 1.15. The van der Waals surface area contributed by atoms with Crippen molar-refractivity contribution < 1.29 is 9.59 Å². The molecule has 1 heterocycles. The normalized spacial score (nSPS) is 18.9. The smallest absolute Gasteiger partial charge is 0.253 e. The summed E-state index contributed by atoms with van der Waals surface area (Å²) < 4.78 is 0. The summed E-state index contributed by atoms with van der Waals surface area (Å²) in [5.41, 5.74) is 7.23. The highest BCUT2D eigenvalue weighted by atomic mass is 32.2. The van der Waals surface area contributed by atoms with Crippen molar-refractivity contribution in [1.82, 2.24) is 4.90 Å². The number of piperidine rings is 1. The van der Waals surface area contributed by atoms with Crippen LogP contribution in [0.25, 0.3) is 0 Å². The van der Waals surface area contributed by atoms with Crippen LogP contribution >= 0.6 is 11.8 Å². The van der Waals surface area contributed by atoms with Gasteiger partial charge in [0.1, 0.15) is 0 Å². The summed E-state index contributed by atoms with van der Waals surface area (Å²) >= 11 is 1.75. The minimum atomic E-state index is -0.308. The number of carbonyl (C=O) groups excluding carboxylic acids is 2. The standard InChI is InChI=1S/C15H20N2O2S/c1-20-10-11-4-6-12(7-5-11)15(19)17-8-2-3-13(9-17)14(16)18/h4-7,13H,2-3,8-10H2,1H3,(H2,16,18). The fourth-order valence-electron chi connectivity index (χ4n) is 2.49. The third-order valence-electron chi connectivity index (χ3n) is 3.62. The number of benzene rings is 1. The van der Waals surface area contributed by atoms with E-state index in [0.29, 0.717) is 18.7 Å². The molecule has 2 rings (SSSR count). The van der Waals surface area contributed by atoms with Crippen LogP contribution in [-0.2, 0) is 10.5 Å². The number of rotatable bonds is 4. The Bertz CT molecular complexity index is 487. The van der Waals surface area contributed by atoms with Gasteiger partial charge in [0.2, 0.25) is 5.91 Å². The van der Waals surface area contributed by atoms with E-state index in [0.717, 1.165) is 18.6 Å². The van der Waals surface area contributed by atoms with Gasteiger partial charge in [0.25, 0.3) is 5.91 Å². The number of thioether (sulfide) groups is 1. The van der Waals surface area contributed by atoms with Crippen LogP contribution in [0.3, 0.4) is 0 Å². The molecule has 108 valence electrons. The fourth-order valence-corrected chi connectivity index (χ4v) is 3.01. The molecular formula is C15H20N2O2S. The summed E-state index contributed by atoms with van der Waals surface area (Å²) in [5.74, 6) is 0.426. The van der Waals surface area contributed by atoms with Crippen molar-refractivity contribution in [2.45, 2.75) is 18.6 Å². The molecule has 0 aromatic heterocycles. The third-order valence-corrected chi connectivity index (χ3v) is 4.24. The molecule has 0 aliphatic carbocycles. The second-order valence-corrected chi connectivity index (χ2v) is 5.99. The molecule has 1 aliphatic rings. The fraction of sp³-hybridized carbons (Fsp3) is 0.467. The summed E-state index contributed by atoms with van der Waals surface area (Å²) in [4.78, 5) is 25.4. The topological polar surface area (TPSA) is 63.4 Å². The molecule has 1 unspecified atom stereocenters. The first-order valence-electron chi connectivity index (χ1n) is 6.78. The van der Waals surface area contributed by atoms with Gasteiger partial charge in [0, 0.05) is 24.4 Å². The van der Waals surface area contributed by atoms with Crippen LogP contribution in [0.15, 0.2) is 24.3 Å². The van der Waals surface area contributed by atoms with E-state index in [1.807, 2.05) is 24.3 Å². The second kappa shape index (κ2) is 6.79. The molecule has 1 aromatic carbocycles. The highest BCUT2D eigenvalue weighted by Gasteiger charge is 2.27. The number of amides is 2. The summed E-state index contributed by atoms with van der Waals surface area (Å²) in [6, 6.07) is 7.70. The lowest BCUT2D eigenvalue weighted by Gasteiger charge is -2.31. The van der Waals surface area contributed by atoms with E-state index in [4.69, 9.17) is 5.73 Å². The number of likely N-dealkylation sites (tertiary alicyclic amines) is 1. The van der Waals surface area contributed by atoms with Crippen molar-refractivity contribution in [2.24, 2.45) is 11.7 Å². The molecule has 1 atom stereocenters. The Balaban J connectivity index is 2.04. The Morgan fingerprint density at radius 1 is 1.35 bits per heavy atom. The minimum absolute atomic E-state index is 0.00773. The number of hydrogen-bond acceptors (Lipinski definition) is 3. The van der Waals surface area contributed by atoms with E-state index in [2.05, 4.69) is 6.26 Å². The van der Waals surface area contributed by atoms with Crippen LogP contribution in [-0.4, -0.2) is 36.1 Å². The predicted octanol–water partition coefficient (Wildman–Crippen LogP) is 1.89. The highest BCUT2D eigenvalue weighted by Crippen LogP contribution is 2.19. The van der Waals surface area contributed by atoms with Crippen molar-refractivity contribution in [1.29, 1.82) is 0 Å². The maximum Gasteiger partial charge on any atom is 0.253 e. The second-order valence-electron chi connectivity index (χ2n) is 5.12. The maximum absolute atomic E-state index is 12.4. The van der Waals surface area contributed by atoms with Gasteiger partial charge >= 0.3 is 0 Å². The average Bonchev–Trinajstić information content (AvgIpc) is 2.48. The zero-order chi connectivity index (χ0) is 14.5. The van der Waals surface area contributed by atoms with Gasteiger partial charge < -0.3 is 10.6 Å². The Labute approximate surface area is 123 Å². The monoisotopic (exact) mass is 292 g/mol. The van der Waals surface area contributed by atoms with Crippen molar-refractivity contribution in [2.75, 3.05) is 19.3 Å². The number of nitrogens with two attached hydrogens (primary N) is 1. The van der Waals surface area contributed by atoms with Crippen molar-refractivity contribution in [3.05, 3.63) is 35.4 Å². The van der Waals surface area contributed by atoms with Gasteiger partial charge in [0.05, 0.1) is 5.92 Å². The molecular weight excluding hydrogens is 272 g/mol. The van der Waals surface area contributed by atoms with E-state index in [9.17, 15) is 9.59 Å². The van der Waals surface area contributed by atoms with E-state index in [-0.39, 0.29) is 17.7 Å². The molecule has 2 amide bonds. The van der Waals surface area contributed by atoms with Gasteiger partial charge in [-0.3, -0.25) is 9.59 Å². The van der Waals surface area contributed by atoms with Gasteiger partial charge in [-0.1, -0.05) is 12.1 Å². The maximum atomic E-state index is 12.4. The molecule has 0 radical (unpaired) electrons. The molecule has 20 heavy (non-hydrogen) atoms. The number of hydrogen-bond donors (Lipinski definition) is 1. The summed E-state index contributed by atoms with van der Waals surface area (Å²) in [6.07, 6.45) is 3.67. The van der Waals surface area contributed by atoms with Crippen molar-refractivity contribution in [3.8, 4) is 0 Å². The van der Waals surface area contributed by atoms with Gasteiger partial charge in [-0.25, -0.2) is 0 Å². The molecule has 1 aliphatic heterocycles. The van der Waals surface area contributed by atoms with Crippen LogP contribution in [0.1, 0.15) is 28.8 Å². The predicted molar refractivity (Wildman–Crippen MR) is 81.5 cm³/mol. The van der Waals surface area contributed by atoms with Gasteiger partial charge in [-0.2, -0.15) is 11.8 Å². The van der Waals surface area contributed by atoms with Crippen LogP contribution < -0.4 is 5.73 Å². The molecule has 1 aromatic rings. The van der Waals surface area contributed by atoms with Crippen molar-refractivity contribution in [3.63, 3.8) is 0 Å². The molecule has 5 heteroatoms. The molecule has 0 bridgehead atoms. The third kappa shape index (κ3) is 3.54. The molecule has 0 spiro atoms. The zero-order valence-electron chi connectivity index (χ0n) is 11.7. The first kappa shape index (κ1) is 14.9.